The summed E-state index contributed by atoms with van der Waals surface area (Å²) in [6.07, 6.45) is 1.65. The number of rotatable bonds is 8. The Bertz CT molecular complexity index is 952. The minimum absolute atomic E-state index is 0.0369. The van der Waals surface area contributed by atoms with Crippen molar-refractivity contribution in [2.75, 3.05) is 32.5 Å². The smallest absolute Gasteiger partial charge is 0.230 e. The van der Waals surface area contributed by atoms with Gasteiger partial charge in [0.1, 0.15) is 5.75 Å². The summed E-state index contributed by atoms with van der Waals surface area (Å²) in [7, 11) is -1.61. The molecule has 1 N–H and O–H groups in total. The molecule has 0 unspecified atom stereocenters. The average molecular weight is 431 g/mol. The summed E-state index contributed by atoms with van der Waals surface area (Å²) in [4.78, 5) is 13.4. The molecule has 7 heteroatoms. The Balaban J connectivity index is 1.72. The summed E-state index contributed by atoms with van der Waals surface area (Å²) in [6, 6.07) is 17.5. The van der Waals surface area contributed by atoms with E-state index in [1.807, 2.05) is 54.6 Å². The third-order valence-corrected chi connectivity index (χ3v) is 7.81. The van der Waals surface area contributed by atoms with Crippen LogP contribution in [0.4, 0.5) is 0 Å². The highest BCUT2D eigenvalue weighted by Crippen LogP contribution is 2.36. The van der Waals surface area contributed by atoms with Gasteiger partial charge in [0.15, 0.2) is 0 Å². The van der Waals surface area contributed by atoms with Gasteiger partial charge in [0.2, 0.25) is 15.9 Å². The maximum Gasteiger partial charge on any atom is 0.230 e. The predicted molar refractivity (Wildman–Crippen MR) is 118 cm³/mol. The highest BCUT2D eigenvalue weighted by molar-refractivity contribution is 7.89. The number of amides is 1. The Labute approximate surface area is 179 Å². The Morgan fingerprint density at radius 2 is 1.80 bits per heavy atom. The van der Waals surface area contributed by atoms with Gasteiger partial charge in [-0.2, -0.15) is 0 Å². The number of carbonyl (C=O) groups excluding carboxylic acids is 1. The lowest BCUT2D eigenvalue weighted by atomic mass is 9.72. The van der Waals surface area contributed by atoms with Crippen molar-refractivity contribution in [2.45, 2.75) is 31.6 Å². The van der Waals surface area contributed by atoms with E-state index >= 15 is 0 Å². The fourth-order valence-electron chi connectivity index (χ4n) is 4.05. The topological polar surface area (TPSA) is 75.7 Å². The monoisotopic (exact) mass is 430 g/mol. The van der Waals surface area contributed by atoms with Crippen molar-refractivity contribution in [3.05, 3.63) is 65.7 Å². The Morgan fingerprint density at radius 3 is 2.43 bits per heavy atom. The summed E-state index contributed by atoms with van der Waals surface area (Å²) in [5.41, 5.74) is 1.32. The summed E-state index contributed by atoms with van der Waals surface area (Å²) in [6.45, 7) is 2.87. The molecule has 6 nitrogen and oxygen atoms in total. The number of carbonyl (C=O) groups is 1. The minimum Gasteiger partial charge on any atom is -0.497 e. The molecular formula is C23H30N2O4S. The average Bonchev–Trinajstić information content (AvgIpc) is 2.79. The van der Waals surface area contributed by atoms with Gasteiger partial charge in [-0.05, 0) is 49.4 Å². The highest BCUT2D eigenvalue weighted by atomic mass is 32.2. The molecule has 0 aliphatic carbocycles. The van der Waals surface area contributed by atoms with E-state index < -0.39 is 15.4 Å². The van der Waals surface area contributed by atoms with Gasteiger partial charge in [0.25, 0.3) is 0 Å². The molecule has 1 heterocycles. The van der Waals surface area contributed by atoms with Crippen LogP contribution >= 0.6 is 0 Å². The maximum absolute atomic E-state index is 13.4. The molecule has 3 rings (SSSR count). The van der Waals surface area contributed by atoms with E-state index in [4.69, 9.17) is 4.74 Å². The third kappa shape index (κ3) is 4.84. The van der Waals surface area contributed by atoms with Crippen LogP contribution in [0.25, 0.3) is 0 Å². The highest BCUT2D eigenvalue weighted by Gasteiger charge is 2.44. The zero-order valence-electron chi connectivity index (χ0n) is 17.6. The van der Waals surface area contributed by atoms with Crippen molar-refractivity contribution in [3.8, 4) is 5.75 Å². The fourth-order valence-corrected chi connectivity index (χ4v) is 5.15. The molecule has 0 bridgehead atoms. The van der Waals surface area contributed by atoms with Gasteiger partial charge in [-0.25, -0.2) is 12.7 Å². The molecule has 0 atom stereocenters. The summed E-state index contributed by atoms with van der Waals surface area (Å²) >= 11 is 0. The lowest BCUT2D eigenvalue weighted by Crippen LogP contribution is -2.53. The molecule has 1 aliphatic heterocycles. The van der Waals surface area contributed by atoms with E-state index in [0.717, 1.165) is 16.9 Å². The van der Waals surface area contributed by atoms with E-state index in [9.17, 15) is 13.2 Å². The first-order valence-electron chi connectivity index (χ1n) is 10.4. The van der Waals surface area contributed by atoms with Crippen LogP contribution in [0.3, 0.4) is 0 Å². The molecule has 1 fully saturated rings. The van der Waals surface area contributed by atoms with Crippen molar-refractivity contribution in [1.29, 1.82) is 0 Å². The predicted octanol–water partition coefficient (Wildman–Crippen LogP) is 2.74. The number of hydrogen-bond acceptors (Lipinski definition) is 4. The van der Waals surface area contributed by atoms with E-state index in [1.165, 1.54) is 4.31 Å². The van der Waals surface area contributed by atoms with Crippen LogP contribution < -0.4 is 10.1 Å². The quantitative estimate of drug-likeness (QED) is 0.699. The molecule has 0 aromatic heterocycles. The van der Waals surface area contributed by atoms with E-state index in [0.29, 0.717) is 38.9 Å². The molecular weight excluding hydrogens is 400 g/mol. The second-order valence-corrected chi connectivity index (χ2v) is 9.86. The number of piperidine rings is 1. The number of sulfonamides is 1. The zero-order valence-corrected chi connectivity index (χ0v) is 18.5. The largest absolute Gasteiger partial charge is 0.497 e. The number of nitrogens with one attached hydrogen (secondary N) is 1. The Kier molecular flexibility index (Phi) is 7.15. The lowest BCUT2D eigenvalue weighted by molar-refractivity contribution is -0.128. The fraction of sp³-hybridized carbons (Fsp3) is 0.435. The van der Waals surface area contributed by atoms with Crippen LogP contribution in [-0.4, -0.2) is 51.1 Å². The molecule has 2 aromatic rings. The minimum atomic E-state index is -3.25. The number of hydrogen-bond donors (Lipinski definition) is 1. The van der Waals surface area contributed by atoms with Crippen LogP contribution in [0.1, 0.15) is 30.9 Å². The van der Waals surface area contributed by atoms with Gasteiger partial charge in [-0.1, -0.05) is 42.5 Å². The van der Waals surface area contributed by atoms with Crippen LogP contribution in [-0.2, 0) is 26.7 Å². The zero-order chi connectivity index (χ0) is 21.6. The third-order valence-electron chi connectivity index (χ3n) is 5.93. The van der Waals surface area contributed by atoms with Crippen molar-refractivity contribution in [3.63, 3.8) is 0 Å². The van der Waals surface area contributed by atoms with Crippen molar-refractivity contribution >= 4 is 15.9 Å². The molecule has 1 amide bonds. The van der Waals surface area contributed by atoms with Crippen LogP contribution in [0, 0.1) is 0 Å². The standard InChI is InChI=1S/C23H30N2O4S/c1-3-30(27,28)25-16-13-23(14-17-25,20-9-5-4-6-10-20)22(26)24-15-12-19-8-7-11-21(18-19)29-2/h4-11,18H,3,12-17H2,1-2H3,(H,24,26). The second kappa shape index (κ2) is 9.62. The Hall–Kier alpha value is -2.38. The summed E-state index contributed by atoms with van der Waals surface area (Å²) < 4.78 is 31.3. The van der Waals surface area contributed by atoms with Gasteiger partial charge in [0, 0.05) is 19.6 Å². The normalized spacial score (nSPS) is 16.7. The molecule has 2 aromatic carbocycles. The number of benzene rings is 2. The van der Waals surface area contributed by atoms with E-state index in [2.05, 4.69) is 5.32 Å². The molecule has 1 aliphatic rings. The van der Waals surface area contributed by atoms with Crippen molar-refractivity contribution in [1.82, 2.24) is 9.62 Å². The van der Waals surface area contributed by atoms with Crippen LogP contribution in [0.15, 0.2) is 54.6 Å². The van der Waals surface area contributed by atoms with Gasteiger partial charge in [0.05, 0.1) is 18.3 Å². The van der Waals surface area contributed by atoms with Gasteiger partial charge in [-0.15, -0.1) is 0 Å². The molecule has 0 spiro atoms. The SMILES string of the molecule is CCS(=O)(=O)N1CCC(C(=O)NCCc2cccc(OC)c2)(c2ccccc2)CC1. The van der Waals surface area contributed by atoms with E-state index in [-0.39, 0.29) is 11.7 Å². The lowest BCUT2D eigenvalue weighted by Gasteiger charge is -2.40. The molecule has 30 heavy (non-hydrogen) atoms. The molecule has 1 saturated heterocycles. The molecule has 0 radical (unpaired) electrons. The molecule has 162 valence electrons. The van der Waals surface area contributed by atoms with Crippen molar-refractivity contribution in [2.24, 2.45) is 0 Å². The van der Waals surface area contributed by atoms with Crippen molar-refractivity contribution < 1.29 is 17.9 Å². The number of ether oxygens (including phenoxy) is 1. The first-order valence-corrected chi connectivity index (χ1v) is 12.0. The van der Waals surface area contributed by atoms with E-state index in [1.54, 1.807) is 14.0 Å². The van der Waals surface area contributed by atoms with Gasteiger partial charge < -0.3 is 10.1 Å². The summed E-state index contributed by atoms with van der Waals surface area (Å²) in [5.74, 6) is 0.840. The Morgan fingerprint density at radius 1 is 1.10 bits per heavy atom. The van der Waals surface area contributed by atoms with Gasteiger partial charge in [-0.3, -0.25) is 4.79 Å². The first kappa shape index (κ1) is 22.3. The van der Waals surface area contributed by atoms with Crippen LogP contribution in [0.2, 0.25) is 0 Å². The second-order valence-electron chi connectivity index (χ2n) is 7.61. The van der Waals surface area contributed by atoms with Gasteiger partial charge >= 0.3 is 0 Å². The summed E-state index contributed by atoms with van der Waals surface area (Å²) in [5, 5.41) is 3.10. The first-order chi connectivity index (χ1) is 14.4. The number of methoxy groups -OCH3 is 1. The number of nitrogens with zero attached hydrogens (tertiary/aromatic N) is 1. The van der Waals surface area contributed by atoms with Crippen LogP contribution in [0.5, 0.6) is 5.75 Å². The molecule has 0 saturated carbocycles. The maximum atomic E-state index is 13.4.